The van der Waals surface area contributed by atoms with E-state index in [-0.39, 0.29) is 5.56 Å². The maximum Gasteiger partial charge on any atom is 0.262 e. The molecule has 26 heavy (non-hydrogen) atoms. The summed E-state index contributed by atoms with van der Waals surface area (Å²) in [6.07, 6.45) is 0.860. The molecule has 0 N–H and O–H groups in total. The molecular weight excluding hydrogens is 354 g/mol. The highest BCUT2D eigenvalue weighted by Gasteiger charge is 2.12. The maximum atomic E-state index is 13.4. The minimum Gasteiger partial charge on any atom is -0.287 e. The second-order valence-electron chi connectivity index (χ2n) is 6.59. The van der Waals surface area contributed by atoms with E-state index in [1.165, 1.54) is 17.8 Å². The minimum absolute atomic E-state index is 0.0657. The summed E-state index contributed by atoms with van der Waals surface area (Å²) in [7, 11) is 0. The van der Waals surface area contributed by atoms with Gasteiger partial charge >= 0.3 is 0 Å². The average molecular weight is 374 g/mol. The highest BCUT2D eigenvalue weighted by atomic mass is 32.2. The Hall–Kier alpha value is -2.21. The quantitative estimate of drug-likeness (QED) is 0.449. The first-order valence-electron chi connectivity index (χ1n) is 8.52. The molecule has 136 valence electrons. The third kappa shape index (κ3) is 4.12. The summed E-state index contributed by atoms with van der Waals surface area (Å²) in [5.41, 5.74) is 1.22. The van der Waals surface area contributed by atoms with E-state index in [2.05, 4.69) is 18.8 Å². The number of hydrogen-bond acceptors (Lipinski definition) is 3. The lowest BCUT2D eigenvalue weighted by Gasteiger charge is -2.14. The predicted octanol–water partition coefficient (Wildman–Crippen LogP) is 5.01. The fourth-order valence-corrected chi connectivity index (χ4v) is 3.59. The van der Waals surface area contributed by atoms with Crippen LogP contribution >= 0.6 is 11.8 Å². The summed E-state index contributed by atoms with van der Waals surface area (Å²) in [6.45, 7) is 4.79. The third-order valence-corrected chi connectivity index (χ3v) is 5.16. The number of nitrogens with zero attached hydrogens (tertiary/aromatic N) is 2. The van der Waals surface area contributed by atoms with Crippen molar-refractivity contribution in [2.24, 2.45) is 5.92 Å². The smallest absolute Gasteiger partial charge is 0.262 e. The average Bonchev–Trinajstić information content (AvgIpc) is 2.62. The van der Waals surface area contributed by atoms with Crippen molar-refractivity contribution in [2.45, 2.75) is 37.7 Å². The third-order valence-electron chi connectivity index (χ3n) is 4.11. The van der Waals surface area contributed by atoms with Crippen LogP contribution in [0.15, 0.2) is 52.4 Å². The van der Waals surface area contributed by atoms with Crippen LogP contribution in [0.3, 0.4) is 0 Å². The Labute approximate surface area is 155 Å². The van der Waals surface area contributed by atoms with Crippen molar-refractivity contribution >= 4 is 22.7 Å². The summed E-state index contributed by atoms with van der Waals surface area (Å²) in [5, 5.41) is 1.19. The molecule has 0 aliphatic rings. The van der Waals surface area contributed by atoms with Crippen molar-refractivity contribution in [3.05, 3.63) is 70.0 Å². The van der Waals surface area contributed by atoms with Gasteiger partial charge < -0.3 is 0 Å². The van der Waals surface area contributed by atoms with Crippen molar-refractivity contribution in [1.29, 1.82) is 0 Å². The van der Waals surface area contributed by atoms with Gasteiger partial charge in [-0.25, -0.2) is 13.8 Å². The molecule has 1 heterocycles. The van der Waals surface area contributed by atoms with Crippen LogP contribution in [0.5, 0.6) is 0 Å². The molecule has 0 saturated heterocycles. The lowest BCUT2D eigenvalue weighted by molar-refractivity contribution is 0.481. The molecule has 0 aliphatic heterocycles. The Balaban J connectivity index is 1.95. The number of benzene rings is 2. The van der Waals surface area contributed by atoms with Crippen molar-refractivity contribution in [1.82, 2.24) is 9.55 Å². The lowest BCUT2D eigenvalue weighted by atomic mass is 10.1. The van der Waals surface area contributed by atoms with E-state index < -0.39 is 11.6 Å². The fraction of sp³-hybridized carbons (Fsp3) is 0.300. The number of para-hydroxylation sites is 1. The van der Waals surface area contributed by atoms with Crippen molar-refractivity contribution in [2.75, 3.05) is 0 Å². The highest BCUT2D eigenvalue weighted by Crippen LogP contribution is 2.23. The van der Waals surface area contributed by atoms with E-state index in [9.17, 15) is 13.6 Å². The van der Waals surface area contributed by atoms with Crippen LogP contribution in [-0.2, 0) is 12.3 Å². The fourth-order valence-electron chi connectivity index (χ4n) is 2.62. The molecule has 0 amide bonds. The number of rotatable bonds is 6. The van der Waals surface area contributed by atoms with E-state index in [0.717, 1.165) is 12.5 Å². The number of halogens is 2. The van der Waals surface area contributed by atoms with E-state index in [1.54, 1.807) is 16.7 Å². The highest BCUT2D eigenvalue weighted by molar-refractivity contribution is 7.98. The van der Waals surface area contributed by atoms with Crippen LogP contribution in [0.4, 0.5) is 8.78 Å². The van der Waals surface area contributed by atoms with Crippen molar-refractivity contribution in [3.63, 3.8) is 0 Å². The Morgan fingerprint density at radius 3 is 2.62 bits per heavy atom. The lowest BCUT2D eigenvalue weighted by Crippen LogP contribution is -2.24. The van der Waals surface area contributed by atoms with Gasteiger partial charge in [-0.2, -0.15) is 0 Å². The first kappa shape index (κ1) is 18.6. The molecular formula is C20H20F2N2OS. The Kier molecular flexibility index (Phi) is 5.71. The molecule has 2 aromatic carbocycles. The number of hydrogen-bond donors (Lipinski definition) is 0. The van der Waals surface area contributed by atoms with Gasteiger partial charge in [-0.3, -0.25) is 9.36 Å². The molecule has 1 aromatic heterocycles. The van der Waals surface area contributed by atoms with Crippen LogP contribution in [-0.4, -0.2) is 9.55 Å². The normalized spacial score (nSPS) is 11.4. The second kappa shape index (κ2) is 7.99. The summed E-state index contributed by atoms with van der Waals surface area (Å²) in [4.78, 5) is 17.5. The molecule has 0 spiro atoms. The molecule has 0 saturated carbocycles. The van der Waals surface area contributed by atoms with Gasteiger partial charge in [-0.15, -0.1) is 0 Å². The molecule has 0 unspecified atom stereocenters. The Morgan fingerprint density at radius 2 is 1.88 bits per heavy atom. The van der Waals surface area contributed by atoms with Crippen LogP contribution in [0.2, 0.25) is 0 Å². The van der Waals surface area contributed by atoms with Gasteiger partial charge in [0.15, 0.2) is 16.8 Å². The van der Waals surface area contributed by atoms with E-state index in [4.69, 9.17) is 0 Å². The molecule has 0 atom stereocenters. The van der Waals surface area contributed by atoms with Gasteiger partial charge in [-0.1, -0.05) is 43.8 Å². The first-order chi connectivity index (χ1) is 12.5. The number of fused-ring (bicyclic) bond motifs is 1. The molecule has 3 nitrogen and oxygen atoms in total. The monoisotopic (exact) mass is 374 g/mol. The van der Waals surface area contributed by atoms with E-state index >= 15 is 0 Å². The van der Waals surface area contributed by atoms with Gasteiger partial charge in [0, 0.05) is 12.3 Å². The van der Waals surface area contributed by atoms with Gasteiger partial charge in [-0.05, 0) is 42.2 Å². The molecule has 6 heteroatoms. The van der Waals surface area contributed by atoms with Gasteiger partial charge in [0.25, 0.3) is 5.56 Å². The molecule has 3 aromatic rings. The SMILES string of the molecule is CC(C)CCn1c(SCc2ccc(F)c(F)c2)nc2ccccc2c1=O. The standard InChI is InChI=1S/C20H20F2N2OS/c1-13(2)9-10-24-19(25)15-5-3-4-6-18(15)23-20(24)26-12-14-7-8-16(21)17(22)11-14/h3-8,11,13H,9-10,12H2,1-2H3. The zero-order valence-corrected chi connectivity index (χ0v) is 15.5. The summed E-state index contributed by atoms with van der Waals surface area (Å²) < 4.78 is 28.2. The van der Waals surface area contributed by atoms with Crippen LogP contribution < -0.4 is 5.56 Å². The van der Waals surface area contributed by atoms with Crippen molar-refractivity contribution in [3.8, 4) is 0 Å². The zero-order valence-electron chi connectivity index (χ0n) is 14.7. The largest absolute Gasteiger partial charge is 0.287 e. The molecule has 0 aliphatic carbocycles. The van der Waals surface area contributed by atoms with Crippen LogP contribution in [0, 0.1) is 17.6 Å². The summed E-state index contributed by atoms with van der Waals surface area (Å²) in [5.74, 6) is -0.871. The van der Waals surface area contributed by atoms with Crippen molar-refractivity contribution < 1.29 is 8.78 Å². The molecule has 0 bridgehead atoms. The summed E-state index contributed by atoms with van der Waals surface area (Å²) >= 11 is 1.36. The summed E-state index contributed by atoms with van der Waals surface area (Å²) in [6, 6.07) is 11.1. The Morgan fingerprint density at radius 1 is 1.12 bits per heavy atom. The van der Waals surface area contributed by atoms with Crippen LogP contribution in [0.1, 0.15) is 25.8 Å². The van der Waals surface area contributed by atoms with E-state index in [0.29, 0.717) is 39.8 Å². The number of aromatic nitrogens is 2. The number of thioether (sulfide) groups is 1. The van der Waals surface area contributed by atoms with Gasteiger partial charge in [0.05, 0.1) is 10.9 Å². The van der Waals surface area contributed by atoms with Crippen LogP contribution in [0.25, 0.3) is 10.9 Å². The Bertz CT molecular complexity index is 985. The molecule has 0 fully saturated rings. The molecule has 0 radical (unpaired) electrons. The minimum atomic E-state index is -0.869. The maximum absolute atomic E-state index is 13.4. The van der Waals surface area contributed by atoms with Gasteiger partial charge in [0.2, 0.25) is 0 Å². The first-order valence-corrected chi connectivity index (χ1v) is 9.50. The zero-order chi connectivity index (χ0) is 18.7. The second-order valence-corrected chi connectivity index (χ2v) is 7.53. The molecule has 3 rings (SSSR count). The predicted molar refractivity (Wildman–Crippen MR) is 101 cm³/mol. The topological polar surface area (TPSA) is 34.9 Å². The van der Waals surface area contributed by atoms with Gasteiger partial charge in [0.1, 0.15) is 0 Å². The van der Waals surface area contributed by atoms with E-state index in [1.807, 2.05) is 18.2 Å².